The smallest absolute Gasteiger partial charge is 0.326 e. The van der Waals surface area contributed by atoms with Gasteiger partial charge in [0.15, 0.2) is 0 Å². The molecule has 0 aromatic carbocycles. The lowest BCUT2D eigenvalue weighted by molar-refractivity contribution is -0.139. The molecule has 0 fully saturated rings. The molecule has 1 aromatic rings. The van der Waals surface area contributed by atoms with E-state index < -0.39 is 17.9 Å². The first-order chi connectivity index (χ1) is 8.45. The van der Waals surface area contributed by atoms with Crippen molar-refractivity contribution in [1.82, 2.24) is 10.3 Å². The minimum Gasteiger partial charge on any atom is -0.480 e. The maximum absolute atomic E-state index is 11.8. The number of aromatic nitrogens is 1. The number of rotatable bonds is 5. The van der Waals surface area contributed by atoms with E-state index in [1.165, 1.54) is 12.3 Å². The van der Waals surface area contributed by atoms with Crippen LogP contribution in [-0.2, 0) is 4.79 Å². The number of aliphatic hydroxyl groups excluding tert-OH is 1. The predicted molar refractivity (Wildman–Crippen MR) is 67.5 cm³/mol. The van der Waals surface area contributed by atoms with Crippen molar-refractivity contribution in [3.63, 3.8) is 0 Å². The molecule has 3 N–H and O–H groups in total. The molecule has 8 heteroatoms. The zero-order valence-corrected chi connectivity index (χ0v) is 11.4. The lowest BCUT2D eigenvalue weighted by Crippen LogP contribution is -2.41. The zero-order chi connectivity index (χ0) is 13.7. The van der Waals surface area contributed by atoms with Crippen LogP contribution in [0.4, 0.5) is 0 Å². The number of nitrogens with one attached hydrogen (secondary N) is 1. The van der Waals surface area contributed by atoms with Crippen LogP contribution in [0.2, 0.25) is 5.15 Å². The van der Waals surface area contributed by atoms with Crippen LogP contribution in [0.1, 0.15) is 16.8 Å². The first kappa shape index (κ1) is 14.9. The summed E-state index contributed by atoms with van der Waals surface area (Å²) in [6, 6.07) is 0.264. The third-order valence-electron chi connectivity index (χ3n) is 2.07. The molecule has 18 heavy (non-hydrogen) atoms. The van der Waals surface area contributed by atoms with E-state index >= 15 is 0 Å². The quantitative estimate of drug-likeness (QED) is 0.698. The Morgan fingerprint density at radius 1 is 1.56 bits per heavy atom. The monoisotopic (exact) mass is 336 g/mol. The van der Waals surface area contributed by atoms with E-state index in [4.69, 9.17) is 21.8 Å². The number of pyridine rings is 1. The van der Waals surface area contributed by atoms with Gasteiger partial charge in [0.25, 0.3) is 5.91 Å². The summed E-state index contributed by atoms with van der Waals surface area (Å²) in [5.74, 6) is -1.88. The van der Waals surface area contributed by atoms with Crippen molar-refractivity contribution >= 4 is 39.4 Å². The van der Waals surface area contributed by atoms with E-state index in [1.807, 2.05) is 0 Å². The maximum Gasteiger partial charge on any atom is 0.326 e. The molecule has 98 valence electrons. The highest BCUT2D eigenvalue weighted by Crippen LogP contribution is 2.18. The van der Waals surface area contributed by atoms with Gasteiger partial charge in [-0.1, -0.05) is 11.6 Å². The molecule has 0 unspecified atom stereocenters. The summed E-state index contributed by atoms with van der Waals surface area (Å²) in [4.78, 5) is 26.4. The molecular weight excluding hydrogens is 327 g/mol. The Kier molecular flexibility index (Phi) is 5.52. The highest BCUT2D eigenvalue weighted by Gasteiger charge is 2.21. The molecule has 0 radical (unpaired) electrons. The Balaban J connectivity index is 2.86. The Labute approximate surface area is 116 Å². The molecule has 6 nitrogen and oxygen atoms in total. The van der Waals surface area contributed by atoms with Crippen molar-refractivity contribution in [3.8, 4) is 0 Å². The topological polar surface area (TPSA) is 99.5 Å². The van der Waals surface area contributed by atoms with Gasteiger partial charge in [0.05, 0.1) is 5.56 Å². The second kappa shape index (κ2) is 6.67. The first-order valence-electron chi connectivity index (χ1n) is 4.91. The minimum atomic E-state index is -1.23. The summed E-state index contributed by atoms with van der Waals surface area (Å²) < 4.78 is 0.547. The van der Waals surface area contributed by atoms with Gasteiger partial charge in [-0.05, 0) is 22.0 Å². The second-order valence-electron chi connectivity index (χ2n) is 3.37. The summed E-state index contributed by atoms with van der Waals surface area (Å²) in [5.41, 5.74) is 0.0650. The average molecular weight is 338 g/mol. The molecular formula is C10H10BrClN2O4. The number of halogens is 2. The molecule has 1 atom stereocenters. The number of amides is 1. The molecule has 1 amide bonds. The third kappa shape index (κ3) is 3.94. The summed E-state index contributed by atoms with van der Waals surface area (Å²) >= 11 is 8.87. The minimum absolute atomic E-state index is 0.0242. The van der Waals surface area contributed by atoms with Crippen LogP contribution >= 0.6 is 27.5 Å². The largest absolute Gasteiger partial charge is 0.480 e. The molecule has 0 bridgehead atoms. The van der Waals surface area contributed by atoms with Gasteiger partial charge in [-0.3, -0.25) is 4.79 Å². The van der Waals surface area contributed by atoms with E-state index in [0.29, 0.717) is 4.47 Å². The van der Waals surface area contributed by atoms with Crippen LogP contribution in [-0.4, -0.2) is 39.7 Å². The van der Waals surface area contributed by atoms with Gasteiger partial charge in [-0.15, -0.1) is 0 Å². The fourth-order valence-electron chi connectivity index (χ4n) is 1.20. The number of nitrogens with zero attached hydrogens (tertiary/aromatic N) is 1. The van der Waals surface area contributed by atoms with Crippen molar-refractivity contribution in [2.24, 2.45) is 0 Å². The highest BCUT2D eigenvalue weighted by atomic mass is 79.9. The van der Waals surface area contributed by atoms with Crippen molar-refractivity contribution in [1.29, 1.82) is 0 Å². The fourth-order valence-corrected chi connectivity index (χ4v) is 1.72. The van der Waals surface area contributed by atoms with Gasteiger partial charge < -0.3 is 15.5 Å². The Hall–Kier alpha value is -1.18. The molecule has 0 saturated heterocycles. The zero-order valence-electron chi connectivity index (χ0n) is 9.06. The third-order valence-corrected chi connectivity index (χ3v) is 2.81. The van der Waals surface area contributed by atoms with E-state index in [-0.39, 0.29) is 23.7 Å². The average Bonchev–Trinajstić information content (AvgIpc) is 2.31. The Morgan fingerprint density at radius 2 is 2.22 bits per heavy atom. The number of carbonyl (C=O) groups is 2. The predicted octanol–water partition coefficient (Wildman–Crippen LogP) is 1.06. The maximum atomic E-state index is 11.8. The number of carboxylic acids is 1. The molecule has 1 rings (SSSR count). The van der Waals surface area contributed by atoms with E-state index in [2.05, 4.69) is 26.2 Å². The van der Waals surface area contributed by atoms with Gasteiger partial charge in [0.2, 0.25) is 0 Å². The van der Waals surface area contributed by atoms with Crippen LogP contribution in [0.15, 0.2) is 16.7 Å². The summed E-state index contributed by atoms with van der Waals surface area (Å²) in [6.07, 6.45) is 1.33. The van der Waals surface area contributed by atoms with Crippen LogP contribution in [0.25, 0.3) is 0 Å². The SMILES string of the molecule is O=C(N[C@@H](CCO)C(=O)O)c1cc(Br)cnc1Cl. The van der Waals surface area contributed by atoms with Crippen molar-refractivity contribution in [3.05, 3.63) is 27.5 Å². The molecule has 1 heterocycles. The number of aliphatic carboxylic acids is 1. The number of carboxylic acid groups (broad SMARTS) is 1. The van der Waals surface area contributed by atoms with Crippen molar-refractivity contribution in [2.75, 3.05) is 6.61 Å². The molecule has 0 spiro atoms. The number of aliphatic hydroxyl groups is 1. The first-order valence-corrected chi connectivity index (χ1v) is 6.08. The van der Waals surface area contributed by atoms with Gasteiger partial charge in [-0.25, -0.2) is 9.78 Å². The van der Waals surface area contributed by atoms with Gasteiger partial charge in [0.1, 0.15) is 11.2 Å². The van der Waals surface area contributed by atoms with Crippen LogP contribution in [0.5, 0.6) is 0 Å². The summed E-state index contributed by atoms with van der Waals surface area (Å²) in [6.45, 7) is -0.346. The van der Waals surface area contributed by atoms with E-state index in [1.54, 1.807) is 0 Å². The van der Waals surface area contributed by atoms with Gasteiger partial charge >= 0.3 is 5.97 Å². The van der Waals surface area contributed by atoms with E-state index in [9.17, 15) is 9.59 Å². The van der Waals surface area contributed by atoms with Crippen LogP contribution in [0, 0.1) is 0 Å². The van der Waals surface area contributed by atoms with Gasteiger partial charge in [-0.2, -0.15) is 0 Å². The number of hydrogen-bond acceptors (Lipinski definition) is 4. The molecule has 0 aliphatic carbocycles. The van der Waals surface area contributed by atoms with E-state index in [0.717, 1.165) is 0 Å². The highest BCUT2D eigenvalue weighted by molar-refractivity contribution is 9.10. The fraction of sp³-hybridized carbons (Fsp3) is 0.300. The number of hydrogen-bond donors (Lipinski definition) is 3. The lowest BCUT2D eigenvalue weighted by Gasteiger charge is -2.13. The van der Waals surface area contributed by atoms with Crippen LogP contribution < -0.4 is 5.32 Å². The Morgan fingerprint density at radius 3 is 2.78 bits per heavy atom. The van der Waals surface area contributed by atoms with Gasteiger partial charge in [0, 0.05) is 23.7 Å². The lowest BCUT2D eigenvalue weighted by atomic mass is 10.2. The second-order valence-corrected chi connectivity index (χ2v) is 4.64. The normalized spacial score (nSPS) is 11.9. The van der Waals surface area contributed by atoms with Crippen molar-refractivity contribution < 1.29 is 19.8 Å². The molecule has 1 aromatic heterocycles. The van der Waals surface area contributed by atoms with Crippen LogP contribution in [0.3, 0.4) is 0 Å². The summed E-state index contributed by atoms with van der Waals surface area (Å²) in [7, 11) is 0. The molecule has 0 aliphatic rings. The Bertz CT molecular complexity index is 469. The molecule has 0 saturated carbocycles. The molecule has 0 aliphatic heterocycles. The standard InChI is InChI=1S/C10H10BrClN2O4/c11-5-3-6(8(12)13-4-5)9(16)14-7(1-2-15)10(17)18/h3-4,7,15H,1-2H2,(H,14,16)(H,17,18)/t7-/m0/s1. The van der Waals surface area contributed by atoms with Crippen molar-refractivity contribution in [2.45, 2.75) is 12.5 Å². The summed E-state index contributed by atoms with van der Waals surface area (Å²) in [5, 5.41) is 19.8. The number of carbonyl (C=O) groups excluding carboxylic acids is 1.